The van der Waals surface area contributed by atoms with Crippen LogP contribution in [0.25, 0.3) is 17.6 Å². The van der Waals surface area contributed by atoms with Crippen LogP contribution in [0.3, 0.4) is 0 Å². The lowest BCUT2D eigenvalue weighted by Crippen LogP contribution is -2.13. The molecule has 1 saturated carbocycles. The van der Waals surface area contributed by atoms with Crippen molar-refractivity contribution in [2.45, 2.75) is 39.0 Å². The number of aryl methyl sites for hydroxylation is 1. The van der Waals surface area contributed by atoms with E-state index in [9.17, 15) is 4.79 Å². The first-order valence-electron chi connectivity index (χ1n) is 11.8. The van der Waals surface area contributed by atoms with Crippen molar-refractivity contribution in [3.05, 3.63) is 83.2 Å². The lowest BCUT2D eigenvalue weighted by molar-refractivity contribution is 0.0953. The van der Waals surface area contributed by atoms with E-state index in [1.165, 1.54) is 5.57 Å². The molecule has 0 amide bonds. The number of tetrazole rings is 1. The van der Waals surface area contributed by atoms with Gasteiger partial charge < -0.3 is 4.74 Å². The van der Waals surface area contributed by atoms with Gasteiger partial charge in [-0.15, -0.1) is 10.2 Å². The molecular formula is C27H26N6O2. The van der Waals surface area contributed by atoms with Crippen LogP contribution in [-0.4, -0.2) is 36.4 Å². The Kier molecular flexibility index (Phi) is 6.70. The maximum absolute atomic E-state index is 12.8. The summed E-state index contributed by atoms with van der Waals surface area (Å²) >= 11 is 0. The van der Waals surface area contributed by atoms with Crippen molar-refractivity contribution in [2.75, 3.05) is 0 Å². The highest BCUT2D eigenvalue weighted by atomic mass is 16.5. The second-order valence-corrected chi connectivity index (χ2v) is 8.89. The number of ether oxygens (including phenoxy) is 1. The number of pyridine rings is 2. The quantitative estimate of drug-likeness (QED) is 0.353. The molecule has 176 valence electrons. The second-order valence-electron chi connectivity index (χ2n) is 8.89. The molecule has 0 saturated heterocycles. The number of benzene rings is 1. The molecule has 0 bridgehead atoms. The Hall–Kier alpha value is -4.20. The van der Waals surface area contributed by atoms with E-state index < -0.39 is 0 Å². The number of aromatic nitrogens is 6. The van der Waals surface area contributed by atoms with Crippen molar-refractivity contribution in [3.63, 3.8) is 0 Å². The molecule has 35 heavy (non-hydrogen) atoms. The molecule has 0 unspecified atom stereocenters. The zero-order valence-corrected chi connectivity index (χ0v) is 19.5. The first-order valence-corrected chi connectivity index (χ1v) is 11.8. The van der Waals surface area contributed by atoms with Crippen molar-refractivity contribution < 1.29 is 9.53 Å². The normalized spacial score (nSPS) is 15.6. The standard InChI is InChI=1S/C27H26N6O2/c1-18-5-12-26(29-16-18)35-23-4-2-3-21(14-23)13-19-6-8-20(9-7-19)15-25(34)22-10-11-24(28-17-22)27-30-32-33-31-27/h2-5,10-14,16-17,20H,6-9,15H2,1H3,(H,30,31,32,33). The fraction of sp³-hybridized carbons (Fsp3) is 0.259. The molecule has 0 atom stereocenters. The van der Waals surface area contributed by atoms with Crippen molar-refractivity contribution in [1.29, 1.82) is 0 Å². The number of ketones is 1. The smallest absolute Gasteiger partial charge is 0.222 e. The first kappa shape index (κ1) is 22.6. The van der Waals surface area contributed by atoms with Gasteiger partial charge in [0.05, 0.1) is 0 Å². The number of rotatable bonds is 7. The van der Waals surface area contributed by atoms with Gasteiger partial charge in [0.1, 0.15) is 11.4 Å². The molecule has 0 radical (unpaired) electrons. The Balaban J connectivity index is 1.15. The summed E-state index contributed by atoms with van der Waals surface area (Å²) in [7, 11) is 0. The van der Waals surface area contributed by atoms with Gasteiger partial charge in [-0.25, -0.2) is 4.98 Å². The van der Waals surface area contributed by atoms with E-state index >= 15 is 0 Å². The van der Waals surface area contributed by atoms with Crippen LogP contribution in [-0.2, 0) is 0 Å². The molecular weight excluding hydrogens is 440 g/mol. The lowest BCUT2D eigenvalue weighted by Gasteiger charge is -2.23. The summed E-state index contributed by atoms with van der Waals surface area (Å²) in [6.07, 6.45) is 10.2. The van der Waals surface area contributed by atoms with Gasteiger partial charge in [0.15, 0.2) is 5.78 Å². The molecule has 3 heterocycles. The highest BCUT2D eigenvalue weighted by Crippen LogP contribution is 2.33. The average Bonchev–Trinajstić information content (AvgIpc) is 3.42. The molecule has 1 aliphatic rings. The van der Waals surface area contributed by atoms with E-state index in [1.54, 1.807) is 24.5 Å². The number of H-pyrrole nitrogens is 1. The molecule has 0 aliphatic heterocycles. The largest absolute Gasteiger partial charge is 0.439 e. The second kappa shape index (κ2) is 10.4. The number of hydrogen-bond acceptors (Lipinski definition) is 7. The molecule has 0 spiro atoms. The summed E-state index contributed by atoms with van der Waals surface area (Å²) in [5.74, 6) is 2.29. The van der Waals surface area contributed by atoms with Crippen molar-refractivity contribution in [3.8, 4) is 23.1 Å². The zero-order chi connectivity index (χ0) is 24.0. The molecule has 1 fully saturated rings. The monoisotopic (exact) mass is 466 g/mol. The summed E-state index contributed by atoms with van der Waals surface area (Å²) < 4.78 is 5.90. The van der Waals surface area contributed by atoms with Crippen molar-refractivity contribution in [2.24, 2.45) is 5.92 Å². The maximum atomic E-state index is 12.8. The number of Topliss-reactive ketones (excluding diaryl/α,β-unsaturated/α-hetero) is 1. The van der Waals surface area contributed by atoms with Crippen LogP contribution in [0.2, 0.25) is 0 Å². The van der Waals surface area contributed by atoms with Gasteiger partial charge in [0.2, 0.25) is 11.7 Å². The fourth-order valence-corrected chi connectivity index (χ4v) is 4.28. The van der Waals surface area contributed by atoms with Gasteiger partial charge in [0.25, 0.3) is 0 Å². The van der Waals surface area contributed by atoms with Gasteiger partial charge in [-0.1, -0.05) is 29.8 Å². The predicted octanol–water partition coefficient (Wildman–Crippen LogP) is 5.60. The number of nitrogens with zero attached hydrogens (tertiary/aromatic N) is 5. The summed E-state index contributed by atoms with van der Waals surface area (Å²) in [6.45, 7) is 2.00. The van der Waals surface area contributed by atoms with E-state index in [4.69, 9.17) is 4.74 Å². The van der Waals surface area contributed by atoms with Crippen LogP contribution in [0.1, 0.15) is 53.6 Å². The van der Waals surface area contributed by atoms with Crippen LogP contribution in [0.4, 0.5) is 0 Å². The van der Waals surface area contributed by atoms with Gasteiger partial charge in [-0.2, -0.15) is 5.21 Å². The van der Waals surface area contributed by atoms with E-state index in [-0.39, 0.29) is 5.78 Å². The number of allylic oxidation sites excluding steroid dienone is 1. The van der Waals surface area contributed by atoms with Crippen LogP contribution in [0.15, 0.2) is 66.5 Å². The Labute approximate surface area is 203 Å². The van der Waals surface area contributed by atoms with Gasteiger partial charge in [-0.05, 0) is 79.1 Å². The molecule has 8 nitrogen and oxygen atoms in total. The SMILES string of the molecule is Cc1ccc(Oc2cccc(C=C3CCC(CC(=O)c4ccc(-c5nn[nH]n5)nc4)CC3)c2)nc1. The van der Waals surface area contributed by atoms with E-state index in [0.29, 0.717) is 35.3 Å². The van der Waals surface area contributed by atoms with Crippen LogP contribution in [0, 0.1) is 12.8 Å². The van der Waals surface area contributed by atoms with E-state index in [1.807, 2.05) is 37.3 Å². The summed E-state index contributed by atoms with van der Waals surface area (Å²) in [4.78, 5) is 21.4. The summed E-state index contributed by atoms with van der Waals surface area (Å²) in [5.41, 5.74) is 4.84. The maximum Gasteiger partial charge on any atom is 0.222 e. The number of nitrogens with one attached hydrogen (secondary N) is 1. The van der Waals surface area contributed by atoms with Crippen LogP contribution >= 0.6 is 0 Å². The minimum Gasteiger partial charge on any atom is -0.439 e. The predicted molar refractivity (Wildman–Crippen MR) is 132 cm³/mol. The lowest BCUT2D eigenvalue weighted by atomic mass is 9.82. The van der Waals surface area contributed by atoms with Gasteiger partial charge in [-0.3, -0.25) is 9.78 Å². The Morgan fingerprint density at radius 1 is 1.09 bits per heavy atom. The summed E-state index contributed by atoms with van der Waals surface area (Å²) in [5, 5.41) is 13.8. The van der Waals surface area contributed by atoms with E-state index in [2.05, 4.69) is 42.7 Å². The third-order valence-corrected chi connectivity index (χ3v) is 6.22. The van der Waals surface area contributed by atoms with Crippen LogP contribution < -0.4 is 4.74 Å². The Bertz CT molecular complexity index is 1300. The van der Waals surface area contributed by atoms with Crippen molar-refractivity contribution in [1.82, 2.24) is 30.6 Å². The average molecular weight is 467 g/mol. The number of carbonyl (C=O) groups excluding carboxylic acids is 1. The molecule has 1 aromatic carbocycles. The molecule has 5 rings (SSSR count). The highest BCUT2D eigenvalue weighted by molar-refractivity contribution is 5.96. The van der Waals surface area contributed by atoms with E-state index in [0.717, 1.165) is 42.6 Å². The minimum atomic E-state index is 0.129. The van der Waals surface area contributed by atoms with Crippen molar-refractivity contribution >= 4 is 11.9 Å². The number of carbonyl (C=O) groups is 1. The number of aromatic amines is 1. The Morgan fingerprint density at radius 3 is 2.69 bits per heavy atom. The Morgan fingerprint density at radius 2 is 1.97 bits per heavy atom. The molecule has 1 aliphatic carbocycles. The van der Waals surface area contributed by atoms with Crippen LogP contribution in [0.5, 0.6) is 11.6 Å². The molecule has 8 heteroatoms. The fourth-order valence-electron chi connectivity index (χ4n) is 4.28. The van der Waals surface area contributed by atoms with Gasteiger partial charge >= 0.3 is 0 Å². The third-order valence-electron chi connectivity index (χ3n) is 6.22. The van der Waals surface area contributed by atoms with Gasteiger partial charge in [0, 0.05) is 30.4 Å². The molecule has 3 aromatic heterocycles. The first-order chi connectivity index (χ1) is 17.1. The topological polar surface area (TPSA) is 107 Å². The minimum absolute atomic E-state index is 0.129. The number of hydrogen-bond donors (Lipinski definition) is 1. The molecule has 4 aromatic rings. The highest BCUT2D eigenvalue weighted by Gasteiger charge is 2.21. The summed E-state index contributed by atoms with van der Waals surface area (Å²) in [6, 6.07) is 15.5. The molecule has 1 N–H and O–H groups in total. The zero-order valence-electron chi connectivity index (χ0n) is 19.5. The third kappa shape index (κ3) is 5.84.